The van der Waals surface area contributed by atoms with E-state index in [2.05, 4.69) is 10.1 Å². The summed E-state index contributed by atoms with van der Waals surface area (Å²) in [6, 6.07) is 5.53. The second-order valence-corrected chi connectivity index (χ2v) is 6.99. The summed E-state index contributed by atoms with van der Waals surface area (Å²) < 4.78 is 3.51. The average Bonchev–Trinajstić information content (AvgIpc) is 3.28. The number of hydrogen-bond acceptors (Lipinski definition) is 4. The molecule has 26 heavy (non-hydrogen) atoms. The number of imidazole rings is 1. The van der Waals surface area contributed by atoms with Gasteiger partial charge in [-0.3, -0.25) is 9.48 Å². The maximum absolute atomic E-state index is 12.9. The van der Waals surface area contributed by atoms with Crippen LogP contribution in [0.2, 0.25) is 5.02 Å². The predicted octanol–water partition coefficient (Wildman–Crippen LogP) is 2.20. The minimum absolute atomic E-state index is 0.0638. The number of halogens is 1. The van der Waals surface area contributed by atoms with Gasteiger partial charge in [0.1, 0.15) is 11.3 Å². The zero-order valence-corrected chi connectivity index (χ0v) is 15.0. The lowest BCUT2D eigenvalue weighted by Gasteiger charge is -2.31. The monoisotopic (exact) mass is 373 g/mol. The summed E-state index contributed by atoms with van der Waals surface area (Å²) in [6.45, 7) is 1.90. The number of likely N-dealkylation sites (tertiary alicyclic amines) is 1. The maximum Gasteiger partial charge on any atom is 0.274 e. The fourth-order valence-corrected chi connectivity index (χ4v) is 3.62. The molecule has 1 fully saturated rings. The molecule has 1 N–H and O–H groups in total. The number of carbonyl (C=O) groups excluding carboxylic acids is 1. The molecule has 1 aliphatic rings. The third-order valence-corrected chi connectivity index (χ3v) is 4.97. The molecule has 0 aromatic carbocycles. The number of pyridine rings is 1. The van der Waals surface area contributed by atoms with Gasteiger partial charge in [-0.1, -0.05) is 11.6 Å². The molecule has 1 atom stereocenters. The lowest BCUT2D eigenvalue weighted by atomic mass is 9.95. The van der Waals surface area contributed by atoms with Crippen molar-refractivity contribution in [1.29, 1.82) is 0 Å². The Balaban J connectivity index is 1.51. The van der Waals surface area contributed by atoms with Crippen LogP contribution in [0, 0.1) is 0 Å². The topological polar surface area (TPSA) is 75.7 Å². The highest BCUT2D eigenvalue weighted by Crippen LogP contribution is 2.26. The summed E-state index contributed by atoms with van der Waals surface area (Å²) in [5.74, 6) is 0.142. The van der Waals surface area contributed by atoms with Gasteiger partial charge in [0.2, 0.25) is 0 Å². The minimum Gasteiger partial charge on any atom is -0.394 e. The van der Waals surface area contributed by atoms with Gasteiger partial charge in [-0.2, -0.15) is 5.10 Å². The van der Waals surface area contributed by atoms with Crippen LogP contribution in [0.5, 0.6) is 0 Å². The van der Waals surface area contributed by atoms with Crippen molar-refractivity contribution < 1.29 is 9.90 Å². The summed E-state index contributed by atoms with van der Waals surface area (Å²) in [5.41, 5.74) is 2.10. The molecule has 0 spiro atoms. The van der Waals surface area contributed by atoms with Crippen LogP contribution in [0.15, 0.2) is 36.8 Å². The third kappa shape index (κ3) is 3.32. The van der Waals surface area contributed by atoms with E-state index < -0.39 is 0 Å². The van der Waals surface area contributed by atoms with Crippen LogP contribution >= 0.6 is 11.6 Å². The molecule has 1 unspecified atom stereocenters. The fourth-order valence-electron chi connectivity index (χ4n) is 3.45. The summed E-state index contributed by atoms with van der Waals surface area (Å²) in [7, 11) is 0. The van der Waals surface area contributed by atoms with Crippen molar-refractivity contribution in [3.8, 4) is 0 Å². The molecule has 136 valence electrons. The molecule has 4 rings (SSSR count). The Morgan fingerprint density at radius 1 is 1.31 bits per heavy atom. The molecule has 8 heteroatoms. The Labute approximate surface area is 155 Å². The van der Waals surface area contributed by atoms with Crippen molar-refractivity contribution in [2.45, 2.75) is 25.3 Å². The molecule has 1 saturated heterocycles. The van der Waals surface area contributed by atoms with Crippen LogP contribution in [-0.2, 0) is 6.54 Å². The first kappa shape index (κ1) is 17.1. The number of fused-ring (bicyclic) bond motifs is 1. The Bertz CT molecular complexity index is 935. The maximum atomic E-state index is 12.9. The van der Waals surface area contributed by atoms with Crippen LogP contribution in [0.4, 0.5) is 0 Å². The molecular weight excluding hydrogens is 354 g/mol. The van der Waals surface area contributed by atoms with Crippen molar-refractivity contribution in [1.82, 2.24) is 24.1 Å². The van der Waals surface area contributed by atoms with Crippen molar-refractivity contribution in [3.05, 3.63) is 53.2 Å². The number of amides is 1. The van der Waals surface area contributed by atoms with Gasteiger partial charge in [0.15, 0.2) is 0 Å². The van der Waals surface area contributed by atoms with Gasteiger partial charge in [0, 0.05) is 37.6 Å². The molecule has 1 aliphatic heterocycles. The number of rotatable bonds is 4. The minimum atomic E-state index is -0.0655. The largest absolute Gasteiger partial charge is 0.394 e. The SMILES string of the molecule is O=C(c1cn2cc(Cl)ccc2n1)N1CCCC(c2ccn(CCO)n2)C1. The van der Waals surface area contributed by atoms with E-state index in [1.54, 1.807) is 33.6 Å². The van der Waals surface area contributed by atoms with Gasteiger partial charge in [-0.15, -0.1) is 0 Å². The lowest BCUT2D eigenvalue weighted by molar-refractivity contribution is 0.0700. The lowest BCUT2D eigenvalue weighted by Crippen LogP contribution is -2.39. The zero-order chi connectivity index (χ0) is 18.1. The van der Waals surface area contributed by atoms with Crippen LogP contribution < -0.4 is 0 Å². The molecule has 3 aromatic rings. The first-order chi connectivity index (χ1) is 12.6. The molecule has 7 nitrogen and oxygen atoms in total. The third-order valence-electron chi connectivity index (χ3n) is 4.75. The van der Waals surface area contributed by atoms with Gasteiger partial charge in [0.05, 0.1) is 23.9 Å². The summed E-state index contributed by atoms with van der Waals surface area (Å²) in [5, 5.41) is 14.1. The van der Waals surface area contributed by atoms with E-state index >= 15 is 0 Å². The quantitative estimate of drug-likeness (QED) is 0.760. The molecule has 0 saturated carbocycles. The molecule has 3 aromatic heterocycles. The number of aliphatic hydroxyl groups excluding tert-OH is 1. The number of carbonyl (C=O) groups is 1. The first-order valence-electron chi connectivity index (χ1n) is 8.72. The van der Waals surface area contributed by atoms with Gasteiger partial charge >= 0.3 is 0 Å². The Kier molecular flexibility index (Phi) is 4.65. The fraction of sp³-hybridized carbons (Fsp3) is 0.389. The van der Waals surface area contributed by atoms with Crippen molar-refractivity contribution >= 4 is 23.2 Å². The van der Waals surface area contributed by atoms with E-state index in [0.29, 0.717) is 29.5 Å². The molecule has 4 heterocycles. The molecule has 1 amide bonds. The van der Waals surface area contributed by atoms with E-state index in [1.165, 1.54) is 0 Å². The van der Waals surface area contributed by atoms with Crippen LogP contribution in [-0.4, -0.2) is 54.8 Å². The highest BCUT2D eigenvalue weighted by atomic mass is 35.5. The van der Waals surface area contributed by atoms with E-state index in [4.69, 9.17) is 16.7 Å². The van der Waals surface area contributed by atoms with Crippen LogP contribution in [0.25, 0.3) is 5.65 Å². The van der Waals surface area contributed by atoms with Crippen molar-refractivity contribution in [2.75, 3.05) is 19.7 Å². The number of piperidine rings is 1. The Morgan fingerprint density at radius 3 is 3.04 bits per heavy atom. The second-order valence-electron chi connectivity index (χ2n) is 6.56. The van der Waals surface area contributed by atoms with E-state index in [0.717, 1.165) is 25.1 Å². The average molecular weight is 374 g/mol. The number of hydrogen-bond donors (Lipinski definition) is 1. The number of nitrogens with zero attached hydrogens (tertiary/aromatic N) is 5. The number of aromatic nitrogens is 4. The van der Waals surface area contributed by atoms with Gasteiger partial charge < -0.3 is 14.4 Å². The van der Waals surface area contributed by atoms with Gasteiger partial charge in [-0.25, -0.2) is 4.98 Å². The summed E-state index contributed by atoms with van der Waals surface area (Å²) in [6.07, 6.45) is 7.28. The van der Waals surface area contributed by atoms with E-state index in [1.807, 2.05) is 17.2 Å². The second kappa shape index (κ2) is 7.09. The zero-order valence-electron chi connectivity index (χ0n) is 14.3. The van der Waals surface area contributed by atoms with Crippen LogP contribution in [0.1, 0.15) is 34.9 Å². The number of aliphatic hydroxyl groups is 1. The summed E-state index contributed by atoms with van der Waals surface area (Å²) in [4.78, 5) is 19.2. The van der Waals surface area contributed by atoms with Gasteiger partial charge in [0.25, 0.3) is 5.91 Å². The Morgan fingerprint density at radius 2 is 2.19 bits per heavy atom. The molecular formula is C18H20ClN5O2. The normalized spacial score (nSPS) is 17.8. The van der Waals surface area contributed by atoms with E-state index in [-0.39, 0.29) is 18.4 Å². The Hall–Kier alpha value is -2.38. The molecule has 0 aliphatic carbocycles. The molecule has 0 radical (unpaired) electrons. The standard InChI is InChI=1S/C18H20ClN5O2/c19-14-3-4-17-20-16(12-23(17)11-14)18(26)22-6-1-2-13(10-22)15-5-7-24(21-15)8-9-25/h3-5,7,11-13,25H,1-2,6,8-10H2. The first-order valence-corrected chi connectivity index (χ1v) is 9.09. The molecule has 0 bridgehead atoms. The van der Waals surface area contributed by atoms with Crippen LogP contribution in [0.3, 0.4) is 0 Å². The highest BCUT2D eigenvalue weighted by molar-refractivity contribution is 6.30. The van der Waals surface area contributed by atoms with Gasteiger partial charge in [-0.05, 0) is 31.0 Å². The van der Waals surface area contributed by atoms with Crippen molar-refractivity contribution in [3.63, 3.8) is 0 Å². The van der Waals surface area contributed by atoms with Crippen molar-refractivity contribution in [2.24, 2.45) is 0 Å². The smallest absolute Gasteiger partial charge is 0.274 e. The van der Waals surface area contributed by atoms with E-state index in [9.17, 15) is 4.79 Å². The predicted molar refractivity (Wildman–Crippen MR) is 97.4 cm³/mol. The highest BCUT2D eigenvalue weighted by Gasteiger charge is 2.28. The summed E-state index contributed by atoms with van der Waals surface area (Å²) >= 11 is 6.00.